The summed E-state index contributed by atoms with van der Waals surface area (Å²) >= 11 is 1.88. The lowest BCUT2D eigenvalue weighted by Crippen LogP contribution is -2.34. The quantitative estimate of drug-likeness (QED) is 0.170. The highest BCUT2D eigenvalue weighted by Gasteiger charge is 2.20. The Balaban J connectivity index is 1.20. The number of hydrogen-bond donors (Lipinski definition) is 0. The normalized spacial score (nSPS) is 16.7. The summed E-state index contributed by atoms with van der Waals surface area (Å²) in [5.74, 6) is 2.56. The fourth-order valence-electron chi connectivity index (χ4n) is 6.31. The molecule has 0 bridgehead atoms. The average Bonchev–Trinajstić information content (AvgIpc) is 3.79. The Labute approximate surface area is 255 Å². The first-order valence-corrected chi connectivity index (χ1v) is 16.4. The fraction of sp³-hybridized carbons (Fsp3) is 0.444. The van der Waals surface area contributed by atoms with E-state index in [1.54, 1.807) is 7.11 Å². The zero-order valence-electron chi connectivity index (χ0n) is 25.4. The Morgan fingerprint density at radius 1 is 0.833 bits per heavy atom. The molecule has 2 fully saturated rings. The summed E-state index contributed by atoms with van der Waals surface area (Å²) in [6.07, 6.45) is 6.03. The molecule has 0 amide bonds. The van der Waals surface area contributed by atoms with E-state index in [1.165, 1.54) is 89.1 Å². The number of fused-ring (bicyclic) bond motifs is 1. The first-order chi connectivity index (χ1) is 20.6. The van der Waals surface area contributed by atoms with E-state index >= 15 is 0 Å². The van der Waals surface area contributed by atoms with Crippen molar-refractivity contribution in [3.05, 3.63) is 77.4 Å². The number of rotatable bonds is 12. The molecule has 2 aliphatic rings. The van der Waals surface area contributed by atoms with Gasteiger partial charge in [-0.25, -0.2) is 0 Å². The zero-order valence-corrected chi connectivity index (χ0v) is 26.2. The molecule has 2 saturated heterocycles. The van der Waals surface area contributed by atoms with E-state index in [0.29, 0.717) is 12.6 Å². The van der Waals surface area contributed by atoms with E-state index < -0.39 is 0 Å². The molecular weight excluding hydrogens is 540 g/mol. The predicted molar refractivity (Wildman–Crippen MR) is 175 cm³/mol. The molecule has 0 saturated carbocycles. The van der Waals surface area contributed by atoms with E-state index in [4.69, 9.17) is 14.2 Å². The molecule has 6 rings (SSSR count). The van der Waals surface area contributed by atoms with Gasteiger partial charge >= 0.3 is 0 Å². The topological polar surface area (TPSA) is 34.2 Å². The van der Waals surface area contributed by atoms with Crippen LogP contribution in [0.25, 0.3) is 20.5 Å². The van der Waals surface area contributed by atoms with Gasteiger partial charge in [0.25, 0.3) is 0 Å². The van der Waals surface area contributed by atoms with Gasteiger partial charge in [0.2, 0.25) is 0 Å². The molecule has 3 aromatic carbocycles. The first kappa shape index (κ1) is 29.0. The summed E-state index contributed by atoms with van der Waals surface area (Å²) in [5.41, 5.74) is 5.10. The van der Waals surface area contributed by atoms with Crippen LogP contribution in [0.2, 0.25) is 0 Å². The van der Waals surface area contributed by atoms with Crippen LogP contribution in [0.3, 0.4) is 0 Å². The molecule has 2 aliphatic heterocycles. The van der Waals surface area contributed by atoms with Crippen molar-refractivity contribution in [3.8, 4) is 27.7 Å². The molecule has 0 aliphatic carbocycles. The first-order valence-electron chi connectivity index (χ1n) is 15.6. The van der Waals surface area contributed by atoms with Crippen LogP contribution in [0.15, 0.2) is 60.7 Å². The highest BCUT2D eigenvalue weighted by molar-refractivity contribution is 7.22. The number of hydrogen-bond acceptors (Lipinski definition) is 6. The highest BCUT2D eigenvalue weighted by atomic mass is 32.1. The van der Waals surface area contributed by atoms with E-state index in [2.05, 4.69) is 84.3 Å². The number of aryl methyl sites for hydroxylation is 1. The molecule has 0 spiro atoms. The minimum atomic E-state index is 0.405. The predicted octanol–water partition coefficient (Wildman–Crippen LogP) is 7.81. The number of benzene rings is 3. The van der Waals surface area contributed by atoms with Gasteiger partial charge in [-0.2, -0.15) is 0 Å². The summed E-state index contributed by atoms with van der Waals surface area (Å²) in [6, 6.07) is 22.3. The molecule has 5 nitrogen and oxygen atoms in total. The van der Waals surface area contributed by atoms with Crippen molar-refractivity contribution in [2.75, 3.05) is 53.0 Å². The van der Waals surface area contributed by atoms with Crippen LogP contribution in [0.4, 0.5) is 0 Å². The fourth-order valence-corrected chi connectivity index (χ4v) is 7.64. The maximum atomic E-state index is 6.26. The zero-order chi connectivity index (χ0) is 28.9. The van der Waals surface area contributed by atoms with Crippen LogP contribution >= 0.6 is 11.3 Å². The summed E-state index contributed by atoms with van der Waals surface area (Å²) < 4.78 is 19.5. The lowest BCUT2D eigenvalue weighted by atomic mass is 9.98. The van der Waals surface area contributed by atoms with E-state index in [-0.39, 0.29) is 0 Å². The Bertz CT molecular complexity index is 1470. The van der Waals surface area contributed by atoms with Crippen LogP contribution < -0.4 is 14.2 Å². The Morgan fingerprint density at radius 2 is 1.60 bits per heavy atom. The molecule has 222 valence electrons. The summed E-state index contributed by atoms with van der Waals surface area (Å²) in [7, 11) is 1.73. The molecular formula is C36H44N2O3S. The van der Waals surface area contributed by atoms with Crippen LogP contribution in [0.5, 0.6) is 17.2 Å². The number of thiophene rings is 1. The Hall–Kier alpha value is -3.06. The van der Waals surface area contributed by atoms with Gasteiger partial charge in [0.05, 0.1) is 7.11 Å². The van der Waals surface area contributed by atoms with Crippen molar-refractivity contribution >= 4 is 21.4 Å². The van der Waals surface area contributed by atoms with Gasteiger partial charge in [0, 0.05) is 22.2 Å². The highest BCUT2D eigenvalue weighted by Crippen LogP contribution is 2.41. The number of ether oxygens (including phenoxy) is 3. The average molecular weight is 585 g/mol. The standard InChI is InChI=1S/C36H44N2O3S/c1-26-8-14-31-32(23-28-9-15-33(34(24-28)39-3)41-25-27(2)38-18-6-7-19-38)36(42-35(31)22-26)29-10-12-30(13-11-29)40-21-20-37-16-4-5-17-37/h8-15,22,24,27H,4-7,16-21,23,25H2,1-3H3. The monoisotopic (exact) mass is 584 g/mol. The van der Waals surface area contributed by atoms with Gasteiger partial charge in [0.15, 0.2) is 11.5 Å². The van der Waals surface area contributed by atoms with Gasteiger partial charge in [0.1, 0.15) is 19.0 Å². The molecule has 1 atom stereocenters. The van der Waals surface area contributed by atoms with Crippen molar-refractivity contribution in [3.63, 3.8) is 0 Å². The third-order valence-electron chi connectivity index (χ3n) is 8.79. The van der Waals surface area contributed by atoms with E-state index in [0.717, 1.165) is 36.8 Å². The maximum Gasteiger partial charge on any atom is 0.161 e. The smallest absolute Gasteiger partial charge is 0.161 e. The molecule has 1 aromatic heterocycles. The second-order valence-electron chi connectivity index (χ2n) is 11.9. The van der Waals surface area contributed by atoms with Crippen LogP contribution in [-0.4, -0.2) is 68.9 Å². The van der Waals surface area contributed by atoms with Crippen molar-refractivity contribution in [1.82, 2.24) is 9.80 Å². The Kier molecular flexibility index (Phi) is 9.33. The third kappa shape index (κ3) is 6.77. The number of methoxy groups -OCH3 is 1. The van der Waals surface area contributed by atoms with Crippen LogP contribution in [0, 0.1) is 6.92 Å². The van der Waals surface area contributed by atoms with Gasteiger partial charge in [-0.3, -0.25) is 9.80 Å². The van der Waals surface area contributed by atoms with Crippen LogP contribution in [-0.2, 0) is 6.42 Å². The molecule has 0 radical (unpaired) electrons. The van der Waals surface area contributed by atoms with Crippen molar-refractivity contribution in [1.29, 1.82) is 0 Å². The van der Waals surface area contributed by atoms with Gasteiger partial charge in [-0.15, -0.1) is 11.3 Å². The molecule has 6 heteroatoms. The maximum absolute atomic E-state index is 6.26. The van der Waals surface area contributed by atoms with Crippen molar-refractivity contribution in [2.24, 2.45) is 0 Å². The minimum absolute atomic E-state index is 0.405. The summed E-state index contributed by atoms with van der Waals surface area (Å²) in [4.78, 5) is 6.32. The van der Waals surface area contributed by atoms with Crippen LogP contribution in [0.1, 0.15) is 49.3 Å². The van der Waals surface area contributed by atoms with E-state index in [1.807, 2.05) is 11.3 Å². The van der Waals surface area contributed by atoms with Crippen molar-refractivity contribution in [2.45, 2.75) is 52.0 Å². The number of nitrogens with zero attached hydrogens (tertiary/aromatic N) is 2. The summed E-state index contributed by atoms with van der Waals surface area (Å²) in [5, 5.41) is 1.32. The van der Waals surface area contributed by atoms with Gasteiger partial charge in [-0.05, 0) is 142 Å². The molecule has 42 heavy (non-hydrogen) atoms. The molecule has 4 aromatic rings. The second-order valence-corrected chi connectivity index (χ2v) is 12.9. The SMILES string of the molecule is COc1cc(Cc2c(-c3ccc(OCCN4CCCC4)cc3)sc3cc(C)ccc23)ccc1OCC(C)N1CCCC1. The van der Waals surface area contributed by atoms with Gasteiger partial charge in [-0.1, -0.05) is 18.2 Å². The molecule has 3 heterocycles. The lowest BCUT2D eigenvalue weighted by molar-refractivity contribution is 0.169. The third-order valence-corrected chi connectivity index (χ3v) is 10.0. The Morgan fingerprint density at radius 3 is 2.36 bits per heavy atom. The van der Waals surface area contributed by atoms with Crippen molar-refractivity contribution < 1.29 is 14.2 Å². The summed E-state index contributed by atoms with van der Waals surface area (Å²) in [6.45, 7) is 11.6. The molecule has 0 N–H and O–H groups in total. The number of likely N-dealkylation sites (tertiary alicyclic amines) is 2. The second kappa shape index (κ2) is 13.5. The van der Waals surface area contributed by atoms with E-state index in [9.17, 15) is 0 Å². The van der Waals surface area contributed by atoms with Gasteiger partial charge < -0.3 is 14.2 Å². The minimum Gasteiger partial charge on any atom is -0.493 e. The molecule has 1 unspecified atom stereocenters. The largest absolute Gasteiger partial charge is 0.493 e. The lowest BCUT2D eigenvalue weighted by Gasteiger charge is -2.24.